The number of unbranched alkanes of at least 4 members (excludes halogenated alkanes) is 7. The molecule has 0 heterocycles. The van der Waals surface area contributed by atoms with Crippen LogP contribution in [0.1, 0.15) is 68.6 Å². The highest BCUT2D eigenvalue weighted by atomic mass is 16.7. The van der Waals surface area contributed by atoms with Gasteiger partial charge in [-0.2, -0.15) is 0 Å². The predicted octanol–water partition coefficient (Wildman–Crippen LogP) is 4.71. The van der Waals surface area contributed by atoms with Gasteiger partial charge in [0, 0.05) is 0 Å². The summed E-state index contributed by atoms with van der Waals surface area (Å²) in [6, 6.07) is 4.31. The van der Waals surface area contributed by atoms with Gasteiger partial charge in [-0.05, 0) is 24.6 Å². The van der Waals surface area contributed by atoms with Crippen LogP contribution >= 0.6 is 0 Å². The van der Waals surface area contributed by atoms with E-state index in [4.69, 9.17) is 15.2 Å². The Kier molecular flexibility index (Phi) is 10.1. The zero-order valence-corrected chi connectivity index (χ0v) is 15.2. The molecule has 0 saturated carbocycles. The van der Waals surface area contributed by atoms with E-state index in [1.165, 1.54) is 57.4 Å². The number of methoxy groups -OCH3 is 1. The topological polar surface area (TPSA) is 87.8 Å². The number of carbonyl (C=O) groups excluding carboxylic acids is 2. The van der Waals surface area contributed by atoms with Crippen molar-refractivity contribution in [3.05, 3.63) is 23.8 Å². The highest BCUT2D eigenvalue weighted by Crippen LogP contribution is 2.23. The van der Waals surface area contributed by atoms with Crippen LogP contribution in [0.2, 0.25) is 0 Å². The smallest absolute Gasteiger partial charge is 0.465 e. The molecule has 0 fully saturated rings. The molecule has 25 heavy (non-hydrogen) atoms. The molecule has 0 aromatic heterocycles. The summed E-state index contributed by atoms with van der Waals surface area (Å²) in [7, 11) is 1.28. The Balaban J connectivity index is 2.21. The summed E-state index contributed by atoms with van der Waals surface area (Å²) in [4.78, 5) is 23.0. The van der Waals surface area contributed by atoms with Crippen LogP contribution in [0.3, 0.4) is 0 Å². The standard InChI is InChI=1S/C19H29NO5/c1-3-4-5-6-7-8-9-10-13-24-19(22)25-17-12-11-15(14-16(17)20)18(21)23-2/h11-12,14H,3-10,13,20H2,1-2H3. The average molecular weight is 351 g/mol. The van der Waals surface area contributed by atoms with E-state index in [1.54, 1.807) is 0 Å². The number of rotatable bonds is 11. The molecule has 0 amide bonds. The van der Waals surface area contributed by atoms with Crippen LogP contribution in [0.15, 0.2) is 18.2 Å². The SMILES string of the molecule is CCCCCCCCCCOC(=O)Oc1ccc(C(=O)OC)cc1N. The minimum atomic E-state index is -0.791. The minimum Gasteiger partial charge on any atom is -0.465 e. The van der Waals surface area contributed by atoms with Gasteiger partial charge in [0.2, 0.25) is 0 Å². The zero-order chi connectivity index (χ0) is 18.5. The molecular formula is C19H29NO5. The lowest BCUT2D eigenvalue weighted by Gasteiger charge is -2.09. The maximum Gasteiger partial charge on any atom is 0.513 e. The van der Waals surface area contributed by atoms with E-state index < -0.39 is 12.1 Å². The summed E-state index contributed by atoms with van der Waals surface area (Å²) in [6.45, 7) is 2.53. The maximum atomic E-state index is 11.7. The summed E-state index contributed by atoms with van der Waals surface area (Å²) in [5, 5.41) is 0. The van der Waals surface area contributed by atoms with Crippen LogP contribution in [-0.4, -0.2) is 25.8 Å². The normalized spacial score (nSPS) is 10.3. The highest BCUT2D eigenvalue weighted by molar-refractivity contribution is 5.91. The van der Waals surface area contributed by atoms with Gasteiger partial charge in [-0.25, -0.2) is 9.59 Å². The number of benzene rings is 1. The van der Waals surface area contributed by atoms with E-state index in [2.05, 4.69) is 11.7 Å². The summed E-state index contributed by atoms with van der Waals surface area (Å²) in [5.41, 5.74) is 6.23. The number of nitrogen functional groups attached to an aromatic ring is 1. The second-order valence-corrected chi connectivity index (χ2v) is 5.92. The Morgan fingerprint density at radius 1 is 1.00 bits per heavy atom. The lowest BCUT2D eigenvalue weighted by molar-refractivity contribution is 0.0601. The van der Waals surface area contributed by atoms with Crippen molar-refractivity contribution in [2.45, 2.75) is 58.3 Å². The lowest BCUT2D eigenvalue weighted by Crippen LogP contribution is -2.13. The van der Waals surface area contributed by atoms with Gasteiger partial charge in [0.05, 0.1) is 25.0 Å². The fraction of sp³-hybridized carbons (Fsp3) is 0.579. The second-order valence-electron chi connectivity index (χ2n) is 5.92. The number of hydrogen-bond donors (Lipinski definition) is 1. The largest absolute Gasteiger partial charge is 0.513 e. The van der Waals surface area contributed by atoms with Gasteiger partial charge in [-0.15, -0.1) is 0 Å². The van der Waals surface area contributed by atoms with Gasteiger partial charge in [0.25, 0.3) is 0 Å². The first-order valence-corrected chi connectivity index (χ1v) is 8.91. The molecule has 1 aromatic carbocycles. The summed E-state index contributed by atoms with van der Waals surface area (Å²) in [6.07, 6.45) is 8.59. The van der Waals surface area contributed by atoms with Gasteiger partial charge in [0.1, 0.15) is 0 Å². The highest BCUT2D eigenvalue weighted by Gasteiger charge is 2.12. The third kappa shape index (κ3) is 8.42. The van der Waals surface area contributed by atoms with E-state index >= 15 is 0 Å². The van der Waals surface area contributed by atoms with Gasteiger partial charge in [-0.3, -0.25) is 0 Å². The second kappa shape index (κ2) is 12.2. The Morgan fingerprint density at radius 2 is 1.64 bits per heavy atom. The quantitative estimate of drug-likeness (QED) is 0.269. The average Bonchev–Trinajstić information content (AvgIpc) is 2.61. The van der Waals surface area contributed by atoms with Crippen LogP contribution < -0.4 is 10.5 Å². The van der Waals surface area contributed by atoms with Gasteiger partial charge in [-0.1, -0.05) is 51.9 Å². The Morgan fingerprint density at radius 3 is 2.24 bits per heavy atom. The molecule has 1 rings (SSSR count). The molecule has 0 saturated heterocycles. The summed E-state index contributed by atoms with van der Waals surface area (Å²) in [5.74, 6) is -0.343. The molecule has 0 aliphatic rings. The molecule has 0 atom stereocenters. The first-order chi connectivity index (χ1) is 12.1. The maximum absolute atomic E-state index is 11.7. The predicted molar refractivity (Wildman–Crippen MR) is 96.8 cm³/mol. The fourth-order valence-electron chi connectivity index (χ4n) is 2.40. The Bertz CT molecular complexity index is 545. The molecule has 0 aliphatic heterocycles. The van der Waals surface area contributed by atoms with Crippen molar-refractivity contribution in [1.82, 2.24) is 0 Å². The number of esters is 1. The van der Waals surface area contributed by atoms with E-state index in [0.717, 1.165) is 19.3 Å². The van der Waals surface area contributed by atoms with Crippen LogP contribution in [0, 0.1) is 0 Å². The fourth-order valence-corrected chi connectivity index (χ4v) is 2.40. The van der Waals surface area contributed by atoms with E-state index in [9.17, 15) is 9.59 Å². The Labute approximate surface area is 149 Å². The number of hydrogen-bond acceptors (Lipinski definition) is 6. The molecule has 1 aromatic rings. The van der Waals surface area contributed by atoms with Gasteiger partial charge in [0.15, 0.2) is 5.75 Å². The van der Waals surface area contributed by atoms with Gasteiger partial charge < -0.3 is 19.9 Å². The molecule has 0 spiro atoms. The summed E-state index contributed by atoms with van der Waals surface area (Å²) >= 11 is 0. The lowest BCUT2D eigenvalue weighted by atomic mass is 10.1. The molecular weight excluding hydrogens is 322 g/mol. The van der Waals surface area contributed by atoms with E-state index in [-0.39, 0.29) is 11.4 Å². The number of carbonyl (C=O) groups is 2. The molecule has 0 unspecified atom stereocenters. The molecule has 2 N–H and O–H groups in total. The van der Waals surface area contributed by atoms with Crippen molar-refractivity contribution in [1.29, 1.82) is 0 Å². The number of anilines is 1. The van der Waals surface area contributed by atoms with Crippen molar-refractivity contribution in [3.63, 3.8) is 0 Å². The van der Waals surface area contributed by atoms with Crippen molar-refractivity contribution >= 4 is 17.8 Å². The number of ether oxygens (including phenoxy) is 3. The molecule has 6 heteroatoms. The van der Waals surface area contributed by atoms with E-state index in [0.29, 0.717) is 12.2 Å². The van der Waals surface area contributed by atoms with Crippen molar-refractivity contribution < 1.29 is 23.8 Å². The first-order valence-electron chi connectivity index (χ1n) is 8.91. The van der Waals surface area contributed by atoms with Crippen LogP contribution in [0.25, 0.3) is 0 Å². The van der Waals surface area contributed by atoms with Crippen molar-refractivity contribution in [2.75, 3.05) is 19.5 Å². The third-order valence-corrected chi connectivity index (χ3v) is 3.84. The van der Waals surface area contributed by atoms with E-state index in [1.807, 2.05) is 0 Å². The molecule has 0 aliphatic carbocycles. The third-order valence-electron chi connectivity index (χ3n) is 3.84. The molecule has 0 radical (unpaired) electrons. The molecule has 6 nitrogen and oxygen atoms in total. The minimum absolute atomic E-state index is 0.161. The molecule has 140 valence electrons. The zero-order valence-electron chi connectivity index (χ0n) is 15.2. The Hall–Kier alpha value is -2.24. The summed E-state index contributed by atoms with van der Waals surface area (Å²) < 4.78 is 14.7. The first kappa shape index (κ1) is 20.8. The van der Waals surface area contributed by atoms with Crippen molar-refractivity contribution in [3.8, 4) is 5.75 Å². The van der Waals surface area contributed by atoms with Crippen LogP contribution in [0.5, 0.6) is 5.75 Å². The van der Waals surface area contributed by atoms with Crippen molar-refractivity contribution in [2.24, 2.45) is 0 Å². The monoisotopic (exact) mass is 351 g/mol. The number of nitrogens with two attached hydrogens (primary N) is 1. The van der Waals surface area contributed by atoms with Crippen LogP contribution in [-0.2, 0) is 9.47 Å². The van der Waals surface area contributed by atoms with Crippen LogP contribution in [0.4, 0.5) is 10.5 Å². The molecule has 0 bridgehead atoms. The van der Waals surface area contributed by atoms with Gasteiger partial charge >= 0.3 is 12.1 Å².